The normalized spacial score (nSPS) is 11.9. The minimum Gasteiger partial charge on any atom is -0.744 e. The standard InChI is InChI=1S/2C44H76O3S.Ba/c2*1-3-5-7-9-11-13-15-17-19-21-23-25-27-29-31-33-40-35-36-41-37-38-44(48(45,46)47)42(43(41)39-40)34-32-30-28-26-24-22-20-18-16-14-12-10-8-6-4-2;/h2*35-39H,3-34H2,1-2H3,(H,45,46,47);/q;;+2/p-2. The van der Waals surface area contributed by atoms with Crippen molar-refractivity contribution in [2.75, 3.05) is 0 Å². The first-order valence-corrected chi connectivity index (χ1v) is 44.8. The Hall–Kier alpha value is -1.21. The smallest absolute Gasteiger partial charge is 0.744 e. The van der Waals surface area contributed by atoms with Crippen molar-refractivity contribution in [2.24, 2.45) is 0 Å². The fraction of sp³-hybridized carbons (Fsp3) is 0.773. The van der Waals surface area contributed by atoms with Crippen LogP contribution in [0.3, 0.4) is 0 Å². The van der Waals surface area contributed by atoms with Crippen molar-refractivity contribution in [3.8, 4) is 0 Å². The average Bonchev–Trinajstić information content (AvgIpc) is 0.791. The molecule has 0 atom stereocenters. The SMILES string of the molecule is CCCCCCCCCCCCCCCCCc1ccc2ccc(S(=O)(=O)[O-])c(CCCCCCCCCCCCCCCCC)c2c1.CCCCCCCCCCCCCCCCCc1ccc2ccc(S(=O)(=O)[O-])c(CCCCCCCCCCCCCCCCC)c2c1.[Ba+2]. The van der Waals surface area contributed by atoms with Gasteiger partial charge in [-0.15, -0.1) is 0 Å². The van der Waals surface area contributed by atoms with Crippen molar-refractivity contribution in [1.82, 2.24) is 0 Å². The number of aryl methyl sites for hydroxylation is 4. The van der Waals surface area contributed by atoms with Crippen LogP contribution in [-0.4, -0.2) is 74.8 Å². The molecule has 0 aliphatic heterocycles. The summed E-state index contributed by atoms with van der Waals surface area (Å²) in [6, 6.07) is 19.7. The second kappa shape index (κ2) is 63.3. The molecule has 0 aliphatic rings. The molecule has 0 bridgehead atoms. The van der Waals surface area contributed by atoms with Crippen molar-refractivity contribution < 1.29 is 25.9 Å². The van der Waals surface area contributed by atoms with Crippen LogP contribution in [-0.2, 0) is 45.9 Å². The molecule has 97 heavy (non-hydrogen) atoms. The number of hydrogen-bond donors (Lipinski definition) is 0. The van der Waals surface area contributed by atoms with E-state index in [1.807, 2.05) is 12.1 Å². The van der Waals surface area contributed by atoms with Crippen molar-refractivity contribution in [1.29, 1.82) is 0 Å². The molecule has 6 nitrogen and oxygen atoms in total. The van der Waals surface area contributed by atoms with Crippen LogP contribution in [0.4, 0.5) is 0 Å². The van der Waals surface area contributed by atoms with E-state index in [1.165, 1.54) is 358 Å². The summed E-state index contributed by atoms with van der Waals surface area (Å²) in [4.78, 5) is -0.0195. The average molecular weight is 1510 g/mol. The molecule has 4 rings (SSSR count). The second-order valence-corrected chi connectivity index (χ2v) is 32.6. The van der Waals surface area contributed by atoms with Crippen molar-refractivity contribution in [3.63, 3.8) is 0 Å². The molecule has 0 aromatic heterocycles. The minimum atomic E-state index is -4.50. The molecule has 0 fully saturated rings. The fourth-order valence-electron chi connectivity index (χ4n) is 14.9. The number of benzene rings is 4. The Morgan fingerprint density at radius 2 is 0.392 bits per heavy atom. The Kier molecular flexibility index (Phi) is 59.9. The number of fused-ring (bicyclic) bond motifs is 2. The van der Waals surface area contributed by atoms with E-state index in [2.05, 4.69) is 64.1 Å². The van der Waals surface area contributed by atoms with Gasteiger partial charge in [0.15, 0.2) is 0 Å². The first-order valence-electron chi connectivity index (χ1n) is 41.9. The van der Waals surface area contributed by atoms with Crippen LogP contribution in [0.15, 0.2) is 70.5 Å². The van der Waals surface area contributed by atoms with E-state index in [9.17, 15) is 25.9 Å². The predicted molar refractivity (Wildman–Crippen MR) is 424 cm³/mol. The van der Waals surface area contributed by atoms with Crippen LogP contribution in [0.25, 0.3) is 21.5 Å². The Labute approximate surface area is 642 Å². The number of hydrogen-bond acceptors (Lipinski definition) is 6. The molecule has 0 saturated carbocycles. The van der Waals surface area contributed by atoms with Gasteiger partial charge in [0.25, 0.3) is 0 Å². The third-order valence-corrected chi connectivity index (χ3v) is 22.9. The molecule has 0 aliphatic carbocycles. The third kappa shape index (κ3) is 47.7. The van der Waals surface area contributed by atoms with Gasteiger partial charge >= 0.3 is 48.9 Å². The maximum Gasteiger partial charge on any atom is 2.00 e. The molecular weight excluding hydrogens is 1350 g/mol. The third-order valence-electron chi connectivity index (χ3n) is 21.0. The van der Waals surface area contributed by atoms with Crippen LogP contribution < -0.4 is 0 Å². The fourth-order valence-corrected chi connectivity index (χ4v) is 16.4. The maximum atomic E-state index is 12.2. The largest absolute Gasteiger partial charge is 2.00 e. The number of unbranched alkanes of at least 4 members (excludes halogenated alkanes) is 56. The van der Waals surface area contributed by atoms with Crippen LogP contribution in [0.2, 0.25) is 0 Å². The van der Waals surface area contributed by atoms with E-state index in [1.54, 1.807) is 12.1 Å². The van der Waals surface area contributed by atoms with Gasteiger partial charge in [0, 0.05) is 0 Å². The Morgan fingerprint density at radius 1 is 0.227 bits per heavy atom. The molecule has 0 N–H and O–H groups in total. The molecule has 9 heteroatoms. The minimum absolute atomic E-state index is 0. The van der Waals surface area contributed by atoms with Gasteiger partial charge in [-0.2, -0.15) is 0 Å². The summed E-state index contributed by atoms with van der Waals surface area (Å²) in [5.74, 6) is 0. The van der Waals surface area contributed by atoms with Gasteiger partial charge in [-0.25, -0.2) is 16.8 Å². The van der Waals surface area contributed by atoms with Crippen molar-refractivity contribution >= 4 is 90.7 Å². The van der Waals surface area contributed by atoms with E-state index in [0.717, 1.165) is 84.0 Å². The molecule has 552 valence electrons. The zero-order valence-corrected chi connectivity index (χ0v) is 70.1. The van der Waals surface area contributed by atoms with Gasteiger partial charge in [-0.1, -0.05) is 436 Å². The molecule has 4 aromatic rings. The Balaban J connectivity index is 0.000000653. The van der Waals surface area contributed by atoms with Crippen LogP contribution in [0.1, 0.15) is 435 Å². The topological polar surface area (TPSA) is 114 Å². The quantitative estimate of drug-likeness (QED) is 0.0247. The molecule has 0 radical (unpaired) electrons. The van der Waals surface area contributed by atoms with Crippen LogP contribution in [0, 0.1) is 0 Å². The Bertz CT molecular complexity index is 2500. The summed E-state index contributed by atoms with van der Waals surface area (Å²) >= 11 is 0. The predicted octanol–water partition coefficient (Wildman–Crippen LogP) is 28.8. The molecule has 0 heterocycles. The van der Waals surface area contributed by atoms with E-state index >= 15 is 0 Å². The molecule has 0 unspecified atom stereocenters. The van der Waals surface area contributed by atoms with Gasteiger partial charge in [-0.05, 0) is 107 Å². The summed E-state index contributed by atoms with van der Waals surface area (Å²) in [6.07, 6.45) is 83.4. The van der Waals surface area contributed by atoms with Crippen molar-refractivity contribution in [3.05, 3.63) is 82.9 Å². The van der Waals surface area contributed by atoms with E-state index in [-0.39, 0.29) is 58.7 Å². The molecular formula is C88H150BaO6S2. The Morgan fingerprint density at radius 3 is 0.577 bits per heavy atom. The zero-order valence-electron chi connectivity index (χ0n) is 64.0. The summed E-state index contributed by atoms with van der Waals surface area (Å²) in [5.41, 5.74) is 4.01. The number of rotatable bonds is 66. The van der Waals surface area contributed by atoms with Gasteiger partial charge in [-0.3, -0.25) is 0 Å². The maximum absolute atomic E-state index is 12.2. The van der Waals surface area contributed by atoms with Crippen molar-refractivity contribution in [2.45, 2.75) is 448 Å². The second-order valence-electron chi connectivity index (χ2n) is 29.9. The van der Waals surface area contributed by atoms with E-state index in [0.29, 0.717) is 12.8 Å². The van der Waals surface area contributed by atoms with E-state index < -0.39 is 20.2 Å². The summed E-state index contributed by atoms with van der Waals surface area (Å²) < 4.78 is 73.3. The van der Waals surface area contributed by atoms with Gasteiger partial charge < -0.3 is 9.11 Å². The van der Waals surface area contributed by atoms with Crippen LogP contribution >= 0.6 is 0 Å². The zero-order chi connectivity index (χ0) is 69.1. The molecule has 0 amide bonds. The summed E-state index contributed by atoms with van der Waals surface area (Å²) in [7, 11) is -9.00. The molecule has 0 saturated heterocycles. The summed E-state index contributed by atoms with van der Waals surface area (Å²) in [6.45, 7) is 9.12. The molecule has 4 aromatic carbocycles. The van der Waals surface area contributed by atoms with E-state index in [4.69, 9.17) is 0 Å². The van der Waals surface area contributed by atoms with Gasteiger partial charge in [0.05, 0.1) is 9.79 Å². The monoisotopic (exact) mass is 1500 g/mol. The summed E-state index contributed by atoms with van der Waals surface area (Å²) in [5, 5.41) is 4.02. The van der Waals surface area contributed by atoms with Crippen LogP contribution in [0.5, 0.6) is 0 Å². The first-order chi connectivity index (χ1) is 46.9. The van der Waals surface area contributed by atoms with Gasteiger partial charge in [0.2, 0.25) is 0 Å². The molecule has 0 spiro atoms. The van der Waals surface area contributed by atoms with Gasteiger partial charge in [0.1, 0.15) is 20.2 Å². The first kappa shape index (κ1) is 91.9.